The summed E-state index contributed by atoms with van der Waals surface area (Å²) >= 11 is 7.96. The van der Waals surface area contributed by atoms with Gasteiger partial charge in [-0.15, -0.1) is 0 Å². The standard InChI is InChI=1S/C28H27ClN4O3S2/c1-19-8-13-23(29)26-25(19)30-28(37-26)32-17-15-31(16-18-32)27(34)21-9-11-22(12-10-21)38(35,36)33-14-4-6-20-5-2-3-7-24(20)33/h2-3,5,7-13H,4,6,14-18H2,1H3. The van der Waals surface area contributed by atoms with Crippen molar-refractivity contribution in [3.05, 3.63) is 82.4 Å². The molecule has 0 unspecified atom stereocenters. The van der Waals surface area contributed by atoms with Crippen LogP contribution in [0.1, 0.15) is 27.9 Å². The number of sulfonamides is 1. The van der Waals surface area contributed by atoms with Gasteiger partial charge in [0.2, 0.25) is 0 Å². The number of aromatic nitrogens is 1. The van der Waals surface area contributed by atoms with E-state index in [0.717, 1.165) is 45.0 Å². The highest BCUT2D eigenvalue weighted by Gasteiger charge is 2.30. The van der Waals surface area contributed by atoms with E-state index in [4.69, 9.17) is 16.6 Å². The summed E-state index contributed by atoms with van der Waals surface area (Å²) < 4.78 is 29.3. The molecule has 3 heterocycles. The second-order valence-electron chi connectivity index (χ2n) is 9.65. The highest BCUT2D eigenvalue weighted by molar-refractivity contribution is 7.92. The number of benzene rings is 3. The Morgan fingerprint density at radius 3 is 2.42 bits per heavy atom. The average Bonchev–Trinajstić information content (AvgIpc) is 3.42. The van der Waals surface area contributed by atoms with Gasteiger partial charge in [0.15, 0.2) is 5.13 Å². The molecule has 2 aliphatic heterocycles. The molecule has 6 rings (SSSR count). The van der Waals surface area contributed by atoms with Crippen molar-refractivity contribution in [1.29, 1.82) is 0 Å². The summed E-state index contributed by atoms with van der Waals surface area (Å²) in [5, 5.41) is 1.62. The number of piperazine rings is 1. The molecule has 4 aromatic rings. The molecule has 0 bridgehead atoms. The monoisotopic (exact) mass is 566 g/mol. The lowest BCUT2D eigenvalue weighted by atomic mass is 10.0. The molecule has 1 amide bonds. The number of para-hydroxylation sites is 1. The molecular weight excluding hydrogens is 540 g/mol. The maximum Gasteiger partial charge on any atom is 0.264 e. The first kappa shape index (κ1) is 25.2. The molecule has 0 spiro atoms. The summed E-state index contributed by atoms with van der Waals surface area (Å²) in [6.07, 6.45) is 1.65. The number of fused-ring (bicyclic) bond motifs is 2. The van der Waals surface area contributed by atoms with E-state index >= 15 is 0 Å². The molecular formula is C28H27ClN4O3S2. The van der Waals surface area contributed by atoms with E-state index in [1.165, 1.54) is 4.31 Å². The van der Waals surface area contributed by atoms with E-state index in [-0.39, 0.29) is 10.8 Å². The van der Waals surface area contributed by atoms with Crippen LogP contribution in [0.2, 0.25) is 5.02 Å². The Morgan fingerprint density at radius 1 is 0.947 bits per heavy atom. The van der Waals surface area contributed by atoms with Crippen molar-refractivity contribution in [2.75, 3.05) is 41.9 Å². The number of hydrogen-bond acceptors (Lipinski definition) is 6. The van der Waals surface area contributed by atoms with Crippen LogP contribution < -0.4 is 9.21 Å². The van der Waals surface area contributed by atoms with Gasteiger partial charge in [0, 0.05) is 38.3 Å². The van der Waals surface area contributed by atoms with Gasteiger partial charge in [0.05, 0.1) is 25.8 Å². The van der Waals surface area contributed by atoms with Crippen LogP contribution in [0.5, 0.6) is 0 Å². The van der Waals surface area contributed by atoms with Gasteiger partial charge in [-0.25, -0.2) is 13.4 Å². The van der Waals surface area contributed by atoms with E-state index in [0.29, 0.717) is 43.3 Å². The zero-order valence-electron chi connectivity index (χ0n) is 20.9. The number of carbonyl (C=O) groups is 1. The number of halogens is 1. The van der Waals surface area contributed by atoms with E-state index < -0.39 is 10.0 Å². The average molecular weight is 567 g/mol. The molecule has 1 fully saturated rings. The van der Waals surface area contributed by atoms with Crippen molar-refractivity contribution in [3.8, 4) is 0 Å². The first-order valence-corrected chi connectivity index (χ1v) is 15.3. The Bertz CT molecular complexity index is 1590. The van der Waals surface area contributed by atoms with Crippen LogP contribution in [0.4, 0.5) is 10.8 Å². The number of amides is 1. The van der Waals surface area contributed by atoms with Gasteiger partial charge in [-0.3, -0.25) is 9.10 Å². The Morgan fingerprint density at radius 2 is 1.68 bits per heavy atom. The minimum atomic E-state index is -3.71. The van der Waals surface area contributed by atoms with Crippen LogP contribution in [-0.2, 0) is 16.4 Å². The second kappa shape index (κ2) is 9.87. The lowest BCUT2D eigenvalue weighted by Gasteiger charge is -2.34. The topological polar surface area (TPSA) is 73.8 Å². The summed E-state index contributed by atoms with van der Waals surface area (Å²) in [4.78, 5) is 22.2. The third-order valence-electron chi connectivity index (χ3n) is 7.28. The minimum Gasteiger partial charge on any atom is -0.345 e. The van der Waals surface area contributed by atoms with E-state index in [9.17, 15) is 13.2 Å². The van der Waals surface area contributed by atoms with Crippen LogP contribution >= 0.6 is 22.9 Å². The third kappa shape index (κ3) is 4.42. The van der Waals surface area contributed by atoms with Crippen LogP contribution in [0.25, 0.3) is 10.2 Å². The highest BCUT2D eigenvalue weighted by atomic mass is 35.5. The van der Waals surface area contributed by atoms with Crippen molar-refractivity contribution >= 4 is 59.9 Å². The summed E-state index contributed by atoms with van der Waals surface area (Å²) in [7, 11) is -3.71. The number of carbonyl (C=O) groups excluding carboxylic acids is 1. The van der Waals surface area contributed by atoms with Crippen molar-refractivity contribution in [2.45, 2.75) is 24.7 Å². The molecule has 0 aliphatic carbocycles. The lowest BCUT2D eigenvalue weighted by molar-refractivity contribution is 0.0746. The second-order valence-corrected chi connectivity index (χ2v) is 12.9. The molecule has 7 nitrogen and oxygen atoms in total. The fraction of sp³-hybridized carbons (Fsp3) is 0.286. The molecule has 1 aromatic heterocycles. The van der Waals surface area contributed by atoms with Crippen molar-refractivity contribution in [3.63, 3.8) is 0 Å². The SMILES string of the molecule is Cc1ccc(Cl)c2sc(N3CCN(C(=O)c4ccc(S(=O)(=O)N5CCCc6ccccc65)cc4)CC3)nc12. The molecule has 0 saturated carbocycles. The fourth-order valence-electron chi connectivity index (χ4n) is 5.15. The molecule has 2 aliphatic rings. The number of anilines is 2. The largest absolute Gasteiger partial charge is 0.345 e. The number of hydrogen-bond donors (Lipinski definition) is 0. The maximum absolute atomic E-state index is 13.4. The summed E-state index contributed by atoms with van der Waals surface area (Å²) in [6.45, 7) is 4.94. The van der Waals surface area contributed by atoms with Gasteiger partial charge in [-0.1, -0.05) is 47.2 Å². The summed E-state index contributed by atoms with van der Waals surface area (Å²) in [5.41, 5.74) is 4.29. The van der Waals surface area contributed by atoms with Gasteiger partial charge in [-0.2, -0.15) is 0 Å². The zero-order chi connectivity index (χ0) is 26.4. The molecule has 196 valence electrons. The van der Waals surface area contributed by atoms with Gasteiger partial charge in [-0.05, 0) is 67.3 Å². The maximum atomic E-state index is 13.4. The summed E-state index contributed by atoms with van der Waals surface area (Å²) in [5.74, 6) is -0.0971. The Hall–Kier alpha value is -3.14. The molecule has 0 N–H and O–H groups in total. The van der Waals surface area contributed by atoms with Crippen LogP contribution in [0.15, 0.2) is 65.6 Å². The number of thiazole rings is 1. The smallest absolute Gasteiger partial charge is 0.264 e. The van der Waals surface area contributed by atoms with Crippen LogP contribution in [0, 0.1) is 6.92 Å². The van der Waals surface area contributed by atoms with Gasteiger partial charge in [0.25, 0.3) is 15.9 Å². The number of nitrogens with zero attached hydrogens (tertiary/aromatic N) is 4. The fourth-order valence-corrected chi connectivity index (χ4v) is 8.06. The molecule has 0 radical (unpaired) electrons. The van der Waals surface area contributed by atoms with Crippen molar-refractivity contribution in [2.24, 2.45) is 0 Å². The first-order valence-electron chi connectivity index (χ1n) is 12.6. The first-order chi connectivity index (χ1) is 18.3. The molecule has 38 heavy (non-hydrogen) atoms. The number of rotatable bonds is 4. The predicted octanol–water partition coefficient (Wildman–Crippen LogP) is 5.36. The van der Waals surface area contributed by atoms with Gasteiger partial charge in [0.1, 0.15) is 0 Å². The number of aryl methyl sites for hydroxylation is 2. The Labute approximate surface area is 231 Å². The summed E-state index contributed by atoms with van der Waals surface area (Å²) in [6, 6.07) is 17.8. The van der Waals surface area contributed by atoms with Crippen molar-refractivity contribution in [1.82, 2.24) is 9.88 Å². The quantitative estimate of drug-likeness (QED) is 0.332. The third-order valence-corrected chi connectivity index (χ3v) is 10.7. The van der Waals surface area contributed by atoms with Gasteiger partial charge >= 0.3 is 0 Å². The molecule has 1 saturated heterocycles. The molecule has 0 atom stereocenters. The van der Waals surface area contributed by atoms with Crippen LogP contribution in [-0.4, -0.2) is 56.9 Å². The normalized spacial score (nSPS) is 16.1. The van der Waals surface area contributed by atoms with Crippen LogP contribution in [0.3, 0.4) is 0 Å². The lowest BCUT2D eigenvalue weighted by Crippen LogP contribution is -2.48. The van der Waals surface area contributed by atoms with Gasteiger partial charge < -0.3 is 9.80 Å². The van der Waals surface area contributed by atoms with E-state index in [1.54, 1.807) is 35.6 Å². The van der Waals surface area contributed by atoms with E-state index in [2.05, 4.69) is 4.90 Å². The Balaban J connectivity index is 1.14. The zero-order valence-corrected chi connectivity index (χ0v) is 23.3. The molecule has 3 aromatic carbocycles. The van der Waals surface area contributed by atoms with Crippen molar-refractivity contribution < 1.29 is 13.2 Å². The minimum absolute atomic E-state index is 0.0971. The highest BCUT2D eigenvalue weighted by Crippen LogP contribution is 2.36. The Kier molecular flexibility index (Phi) is 6.53. The predicted molar refractivity (Wildman–Crippen MR) is 153 cm³/mol. The molecule has 10 heteroatoms. The van der Waals surface area contributed by atoms with E-state index in [1.807, 2.05) is 48.2 Å².